The Morgan fingerprint density at radius 1 is 1.73 bits per heavy atom. The molecule has 1 fully saturated rings. The first-order valence-corrected chi connectivity index (χ1v) is 4.90. The highest BCUT2D eigenvalue weighted by Gasteiger charge is 2.25. The predicted octanol–water partition coefficient (Wildman–Crippen LogP) is 0.443. The van der Waals surface area contributed by atoms with Crippen LogP contribution in [0.3, 0.4) is 0 Å². The third-order valence-electron chi connectivity index (χ3n) is 2.63. The smallest absolute Gasteiger partial charge is 0.00105 e. The van der Waals surface area contributed by atoms with Crippen LogP contribution in [0.1, 0.15) is 6.42 Å². The Morgan fingerprint density at radius 3 is 2.82 bits per heavy atom. The molecule has 2 atom stereocenters. The van der Waals surface area contributed by atoms with Crippen LogP contribution in [-0.2, 0) is 0 Å². The van der Waals surface area contributed by atoms with Crippen LogP contribution in [0.15, 0.2) is 0 Å². The Balaban J connectivity index is 2.34. The van der Waals surface area contributed by atoms with Crippen LogP contribution in [0.4, 0.5) is 0 Å². The highest BCUT2D eigenvalue weighted by atomic mass is 32.1. The van der Waals surface area contributed by atoms with Gasteiger partial charge in [-0.25, -0.2) is 0 Å². The summed E-state index contributed by atoms with van der Waals surface area (Å²) in [7, 11) is 2.17. The van der Waals surface area contributed by atoms with Crippen LogP contribution < -0.4 is 5.73 Å². The molecule has 0 spiro atoms. The Bertz CT molecular complexity index is 115. The molecule has 0 aromatic heterocycles. The molecule has 2 nitrogen and oxygen atoms in total. The molecule has 0 aromatic rings. The number of hydrogen-bond acceptors (Lipinski definition) is 3. The molecule has 1 saturated heterocycles. The van der Waals surface area contributed by atoms with E-state index in [0.29, 0.717) is 5.92 Å². The van der Waals surface area contributed by atoms with Gasteiger partial charge in [-0.2, -0.15) is 12.6 Å². The average molecular weight is 174 g/mol. The van der Waals surface area contributed by atoms with Gasteiger partial charge in [0.25, 0.3) is 0 Å². The van der Waals surface area contributed by atoms with Crippen LogP contribution in [-0.4, -0.2) is 37.3 Å². The molecule has 0 amide bonds. The molecule has 1 aliphatic heterocycles. The van der Waals surface area contributed by atoms with Crippen molar-refractivity contribution < 1.29 is 0 Å². The predicted molar refractivity (Wildman–Crippen MR) is 52.0 cm³/mol. The molecule has 66 valence electrons. The molecule has 1 heterocycles. The number of nitrogens with zero attached hydrogens (tertiary/aromatic N) is 1. The minimum atomic E-state index is 0.628. The summed E-state index contributed by atoms with van der Waals surface area (Å²) in [6, 6.07) is 0. The van der Waals surface area contributed by atoms with Crippen LogP contribution in [0.2, 0.25) is 0 Å². The fourth-order valence-corrected chi connectivity index (χ4v) is 2.22. The second-order valence-electron chi connectivity index (χ2n) is 3.49. The van der Waals surface area contributed by atoms with E-state index in [1.165, 1.54) is 19.5 Å². The second-order valence-corrected chi connectivity index (χ2v) is 3.85. The zero-order valence-electron chi connectivity index (χ0n) is 7.16. The third-order valence-corrected chi connectivity index (χ3v) is 3.10. The van der Waals surface area contributed by atoms with Gasteiger partial charge in [0, 0.05) is 6.54 Å². The molecule has 3 heteroatoms. The SMILES string of the molecule is CN1CCC(C(CN)CS)C1. The minimum Gasteiger partial charge on any atom is -0.330 e. The lowest BCUT2D eigenvalue weighted by Gasteiger charge is -2.19. The lowest BCUT2D eigenvalue weighted by Crippen LogP contribution is -2.27. The summed E-state index contributed by atoms with van der Waals surface area (Å²) >= 11 is 4.30. The van der Waals surface area contributed by atoms with Crippen molar-refractivity contribution in [3.8, 4) is 0 Å². The quantitative estimate of drug-likeness (QED) is 0.608. The van der Waals surface area contributed by atoms with Gasteiger partial charge in [-0.15, -0.1) is 0 Å². The standard InChI is InChI=1S/C8H18N2S/c1-10-3-2-7(5-10)8(4-9)6-11/h7-8,11H,2-6,9H2,1H3. The largest absolute Gasteiger partial charge is 0.330 e. The van der Waals surface area contributed by atoms with Crippen LogP contribution >= 0.6 is 12.6 Å². The molecule has 0 saturated carbocycles. The van der Waals surface area contributed by atoms with Gasteiger partial charge >= 0.3 is 0 Å². The Morgan fingerprint density at radius 2 is 2.45 bits per heavy atom. The lowest BCUT2D eigenvalue weighted by molar-refractivity contribution is 0.345. The molecule has 1 rings (SSSR count). The molecule has 1 aliphatic rings. The monoisotopic (exact) mass is 174 g/mol. The van der Waals surface area contributed by atoms with Crippen molar-refractivity contribution in [1.29, 1.82) is 0 Å². The summed E-state index contributed by atoms with van der Waals surface area (Å²) in [5, 5.41) is 0. The van der Waals surface area contributed by atoms with Gasteiger partial charge in [-0.1, -0.05) is 0 Å². The van der Waals surface area contributed by atoms with E-state index in [0.717, 1.165) is 18.2 Å². The summed E-state index contributed by atoms with van der Waals surface area (Å²) in [6.07, 6.45) is 1.30. The molecule has 0 aliphatic carbocycles. The summed E-state index contributed by atoms with van der Waals surface area (Å²) < 4.78 is 0. The van der Waals surface area contributed by atoms with Crippen molar-refractivity contribution in [2.45, 2.75) is 6.42 Å². The number of thiol groups is 1. The Hall–Kier alpha value is 0.270. The maximum Gasteiger partial charge on any atom is 0.00105 e. The Kier molecular flexibility index (Phi) is 3.69. The maximum absolute atomic E-state index is 5.64. The fourth-order valence-electron chi connectivity index (χ4n) is 1.77. The molecular weight excluding hydrogens is 156 g/mol. The van der Waals surface area contributed by atoms with Gasteiger partial charge in [-0.3, -0.25) is 0 Å². The molecular formula is C8H18N2S. The van der Waals surface area contributed by atoms with Crippen LogP contribution in [0.25, 0.3) is 0 Å². The zero-order valence-corrected chi connectivity index (χ0v) is 8.06. The van der Waals surface area contributed by atoms with Gasteiger partial charge in [0.05, 0.1) is 0 Å². The summed E-state index contributed by atoms with van der Waals surface area (Å²) in [5.74, 6) is 2.36. The van der Waals surface area contributed by atoms with Gasteiger partial charge in [0.1, 0.15) is 0 Å². The third kappa shape index (κ3) is 2.36. The molecule has 0 radical (unpaired) electrons. The Labute approximate surface area is 74.5 Å². The normalized spacial score (nSPS) is 29.2. The highest BCUT2D eigenvalue weighted by Crippen LogP contribution is 2.23. The van der Waals surface area contributed by atoms with Crippen molar-refractivity contribution in [2.24, 2.45) is 17.6 Å². The van der Waals surface area contributed by atoms with E-state index in [2.05, 4.69) is 24.6 Å². The zero-order chi connectivity index (χ0) is 8.27. The van der Waals surface area contributed by atoms with Gasteiger partial charge in [0.15, 0.2) is 0 Å². The number of nitrogens with two attached hydrogens (primary N) is 1. The summed E-state index contributed by atoms with van der Waals surface area (Å²) in [5.41, 5.74) is 5.64. The van der Waals surface area contributed by atoms with Gasteiger partial charge < -0.3 is 10.6 Å². The van der Waals surface area contributed by atoms with E-state index >= 15 is 0 Å². The van der Waals surface area contributed by atoms with Crippen molar-refractivity contribution >= 4 is 12.6 Å². The van der Waals surface area contributed by atoms with E-state index in [4.69, 9.17) is 5.73 Å². The molecule has 2 N–H and O–H groups in total. The molecule has 0 aromatic carbocycles. The first-order chi connectivity index (χ1) is 5.27. The first-order valence-electron chi connectivity index (χ1n) is 4.27. The summed E-state index contributed by atoms with van der Waals surface area (Å²) in [4.78, 5) is 2.37. The average Bonchev–Trinajstić information content (AvgIpc) is 2.39. The molecule has 2 unspecified atom stereocenters. The van der Waals surface area contributed by atoms with Gasteiger partial charge in [0.2, 0.25) is 0 Å². The number of hydrogen-bond donors (Lipinski definition) is 2. The maximum atomic E-state index is 5.64. The molecule has 11 heavy (non-hydrogen) atoms. The topological polar surface area (TPSA) is 29.3 Å². The first kappa shape index (κ1) is 9.36. The lowest BCUT2D eigenvalue weighted by atomic mass is 9.93. The van der Waals surface area contributed by atoms with Crippen molar-refractivity contribution in [3.05, 3.63) is 0 Å². The van der Waals surface area contributed by atoms with E-state index in [9.17, 15) is 0 Å². The van der Waals surface area contributed by atoms with E-state index < -0.39 is 0 Å². The molecule has 0 bridgehead atoms. The number of rotatable bonds is 3. The van der Waals surface area contributed by atoms with Crippen molar-refractivity contribution in [1.82, 2.24) is 4.90 Å². The summed E-state index contributed by atoms with van der Waals surface area (Å²) in [6.45, 7) is 3.24. The minimum absolute atomic E-state index is 0.628. The van der Waals surface area contributed by atoms with E-state index in [1.54, 1.807) is 0 Å². The van der Waals surface area contributed by atoms with Crippen LogP contribution in [0.5, 0.6) is 0 Å². The fraction of sp³-hybridized carbons (Fsp3) is 1.00. The van der Waals surface area contributed by atoms with Crippen LogP contribution in [0, 0.1) is 11.8 Å². The van der Waals surface area contributed by atoms with E-state index in [-0.39, 0.29) is 0 Å². The van der Waals surface area contributed by atoms with Crippen molar-refractivity contribution in [3.63, 3.8) is 0 Å². The van der Waals surface area contributed by atoms with E-state index in [1.807, 2.05) is 0 Å². The second kappa shape index (κ2) is 4.33. The highest BCUT2D eigenvalue weighted by molar-refractivity contribution is 7.80. The van der Waals surface area contributed by atoms with Gasteiger partial charge in [-0.05, 0) is 44.1 Å². The number of likely N-dealkylation sites (tertiary alicyclic amines) is 1. The van der Waals surface area contributed by atoms with Crippen molar-refractivity contribution in [2.75, 3.05) is 32.4 Å².